The van der Waals surface area contributed by atoms with Crippen molar-refractivity contribution in [2.75, 3.05) is 0 Å². The first-order valence-corrected chi connectivity index (χ1v) is 2.40. The zero-order valence-electron chi connectivity index (χ0n) is 2.75. The van der Waals surface area contributed by atoms with Crippen molar-refractivity contribution >= 4 is 12.4 Å². The molecule has 0 unspecified atom stereocenters. The number of hydrogen-bond acceptors (Lipinski definition) is 0. The van der Waals surface area contributed by atoms with Gasteiger partial charge in [0.1, 0.15) is 0 Å². The van der Waals surface area contributed by atoms with E-state index in [0.29, 0.717) is 0 Å². The van der Waals surface area contributed by atoms with Crippen molar-refractivity contribution in [3.63, 3.8) is 0 Å². The molecule has 0 saturated carbocycles. The molecule has 0 fully saturated rings. The van der Waals surface area contributed by atoms with E-state index in [-0.39, 0.29) is 12.4 Å². The van der Waals surface area contributed by atoms with Gasteiger partial charge < -0.3 is 0 Å². The fourth-order valence-electron chi connectivity index (χ4n) is 0. The van der Waals surface area contributed by atoms with Gasteiger partial charge in [0.05, 0.1) is 0 Å². The summed E-state index contributed by atoms with van der Waals surface area (Å²) >= 11 is -0.604. The van der Waals surface area contributed by atoms with E-state index in [2.05, 4.69) is 0 Å². The molecule has 0 aromatic heterocycles. The average molecular weight is 171 g/mol. The Kier molecular flexibility index (Phi) is 4.61. The fourth-order valence-corrected chi connectivity index (χ4v) is 0. The van der Waals surface area contributed by atoms with Gasteiger partial charge in [-0.25, -0.2) is 0 Å². The first-order valence-electron chi connectivity index (χ1n) is 0.921. The first kappa shape index (κ1) is 9.86. The second kappa shape index (κ2) is 2.81. The number of alkyl halides is 3. The predicted octanol–water partition coefficient (Wildman–Crippen LogP) is 1.47. The van der Waals surface area contributed by atoms with Crippen LogP contribution < -0.4 is 0 Å². The summed E-state index contributed by atoms with van der Waals surface area (Å²) < 4.78 is 27.4. The minimum absolute atomic E-state index is 0. The summed E-state index contributed by atoms with van der Waals surface area (Å²) in [7, 11) is 0. The Hall–Kier alpha value is 0.703. The molecule has 0 aliphatic heterocycles. The molecule has 0 heterocycles. The Morgan fingerprint density at radius 1 is 1.17 bits per heavy atom. The SMILES string of the molecule is Cl.F[C](F)(F)[Zn]. The van der Waals surface area contributed by atoms with Gasteiger partial charge in [-0.3, -0.25) is 0 Å². The molecule has 0 aromatic rings. The van der Waals surface area contributed by atoms with Crippen LogP contribution in [-0.2, 0) is 18.3 Å². The molecular formula is CHClF3Zn. The normalized spacial score (nSPS) is 10.2. The summed E-state index contributed by atoms with van der Waals surface area (Å²) in [6.07, 6.45) is 0. The molecule has 0 N–H and O–H groups in total. The third-order valence-corrected chi connectivity index (χ3v) is 0. The second-order valence-corrected chi connectivity index (χ2v) is 2.30. The molecule has 0 bridgehead atoms. The van der Waals surface area contributed by atoms with E-state index in [9.17, 15) is 13.2 Å². The third kappa shape index (κ3) is 130. The molecule has 0 atom stereocenters. The summed E-state index contributed by atoms with van der Waals surface area (Å²) in [5.41, 5.74) is 0. The van der Waals surface area contributed by atoms with E-state index in [4.69, 9.17) is 0 Å². The molecule has 6 heavy (non-hydrogen) atoms. The van der Waals surface area contributed by atoms with Crippen molar-refractivity contribution in [1.82, 2.24) is 0 Å². The van der Waals surface area contributed by atoms with E-state index < -0.39 is 23.1 Å². The van der Waals surface area contributed by atoms with E-state index in [1.807, 2.05) is 0 Å². The number of hydrogen-bond donors (Lipinski definition) is 0. The van der Waals surface area contributed by atoms with Gasteiger partial charge in [0.2, 0.25) is 0 Å². The molecule has 5 heteroatoms. The summed E-state index contributed by atoms with van der Waals surface area (Å²) in [6.45, 7) is 0. The first-order chi connectivity index (χ1) is 2.00. The van der Waals surface area contributed by atoms with Crippen LogP contribution in [0.2, 0.25) is 0 Å². The monoisotopic (exact) mass is 169 g/mol. The van der Waals surface area contributed by atoms with Crippen LogP contribution in [0.25, 0.3) is 0 Å². The van der Waals surface area contributed by atoms with Gasteiger partial charge in [-0.05, 0) is 0 Å². The summed E-state index contributed by atoms with van der Waals surface area (Å²) in [5.74, 6) is 0. The van der Waals surface area contributed by atoms with Crippen molar-refractivity contribution in [2.45, 2.75) is 4.77 Å². The Morgan fingerprint density at radius 3 is 1.17 bits per heavy atom. The van der Waals surface area contributed by atoms with Gasteiger partial charge in [-0.15, -0.1) is 12.4 Å². The summed E-state index contributed by atoms with van der Waals surface area (Å²) in [4.78, 5) is 0. The van der Waals surface area contributed by atoms with Crippen LogP contribution >= 0.6 is 12.4 Å². The molecule has 0 aliphatic carbocycles. The molecule has 0 amide bonds. The zero-order chi connectivity index (χ0) is 4.50. The topological polar surface area (TPSA) is 0 Å². The van der Waals surface area contributed by atoms with Crippen LogP contribution in [0, 0.1) is 0 Å². The Bertz CT molecular complexity index is 26.3. The van der Waals surface area contributed by atoms with Crippen LogP contribution in [0.5, 0.6) is 0 Å². The average Bonchev–Trinajstić information content (AvgIpc) is 0.722. The fraction of sp³-hybridized carbons (Fsp3) is 1.00. The Balaban J connectivity index is 0. The van der Waals surface area contributed by atoms with Crippen LogP contribution in [0.3, 0.4) is 0 Å². The van der Waals surface area contributed by atoms with Crippen LogP contribution in [0.4, 0.5) is 13.2 Å². The van der Waals surface area contributed by atoms with Crippen LogP contribution in [-0.4, -0.2) is 4.77 Å². The van der Waals surface area contributed by atoms with E-state index >= 15 is 0 Å². The van der Waals surface area contributed by atoms with Gasteiger partial charge in [0.25, 0.3) is 0 Å². The molecule has 0 radical (unpaired) electrons. The molecule has 0 saturated heterocycles. The molecule has 0 rings (SSSR count). The summed E-state index contributed by atoms with van der Waals surface area (Å²) in [6, 6.07) is 0. The Morgan fingerprint density at radius 2 is 1.17 bits per heavy atom. The molecule has 0 aromatic carbocycles. The van der Waals surface area contributed by atoms with Crippen LogP contribution in [0.15, 0.2) is 0 Å². The maximum atomic E-state index is 10.4. The molecule has 0 aliphatic rings. The molecule has 0 spiro atoms. The van der Waals surface area contributed by atoms with Crippen molar-refractivity contribution < 1.29 is 31.5 Å². The van der Waals surface area contributed by atoms with Gasteiger partial charge in [-0.2, -0.15) is 0 Å². The molecular weight excluding hydrogens is 170 g/mol. The van der Waals surface area contributed by atoms with E-state index in [1.165, 1.54) is 0 Å². The van der Waals surface area contributed by atoms with Gasteiger partial charge in [-0.1, -0.05) is 0 Å². The van der Waals surface area contributed by atoms with Crippen LogP contribution in [0.1, 0.15) is 0 Å². The van der Waals surface area contributed by atoms with E-state index in [1.54, 1.807) is 0 Å². The van der Waals surface area contributed by atoms with Crippen molar-refractivity contribution in [2.24, 2.45) is 0 Å². The predicted molar refractivity (Wildman–Crippen MR) is 13.3 cm³/mol. The number of rotatable bonds is 0. The quantitative estimate of drug-likeness (QED) is 0.484. The van der Waals surface area contributed by atoms with E-state index in [0.717, 1.165) is 0 Å². The van der Waals surface area contributed by atoms with Gasteiger partial charge >= 0.3 is 36.2 Å². The standard InChI is InChI=1S/CF3.ClH.Zn/c2-1(3)4;;/h;1H;. The van der Waals surface area contributed by atoms with Crippen molar-refractivity contribution in [3.05, 3.63) is 0 Å². The molecule has 35 valence electrons. The van der Waals surface area contributed by atoms with Crippen molar-refractivity contribution in [1.29, 1.82) is 0 Å². The summed E-state index contributed by atoms with van der Waals surface area (Å²) in [5, 5.41) is 0. The number of halogens is 4. The second-order valence-electron chi connectivity index (χ2n) is 0.615. The van der Waals surface area contributed by atoms with Gasteiger partial charge in [0.15, 0.2) is 0 Å². The van der Waals surface area contributed by atoms with Gasteiger partial charge in [0, 0.05) is 0 Å². The zero-order valence-corrected chi connectivity index (χ0v) is 6.53. The molecule has 0 nitrogen and oxygen atoms in total. The third-order valence-electron chi connectivity index (χ3n) is 0. The maximum absolute atomic E-state index is 10.4. The van der Waals surface area contributed by atoms with Crippen molar-refractivity contribution in [3.8, 4) is 0 Å². The Labute approximate surface area is 49.2 Å². The minimum atomic E-state index is -3.88.